The van der Waals surface area contributed by atoms with Crippen LogP contribution >= 0.6 is 11.3 Å². The topological polar surface area (TPSA) is 119 Å². The van der Waals surface area contributed by atoms with Gasteiger partial charge in [-0.05, 0) is 24.3 Å². The maximum atomic E-state index is 13.8. The van der Waals surface area contributed by atoms with Gasteiger partial charge in [-0.3, -0.25) is 0 Å². The van der Waals surface area contributed by atoms with Crippen molar-refractivity contribution < 1.29 is 26.3 Å². The van der Waals surface area contributed by atoms with Crippen molar-refractivity contribution in [2.24, 2.45) is 0 Å². The monoisotopic (exact) mass is 536 g/mol. The van der Waals surface area contributed by atoms with Crippen molar-refractivity contribution in [3.63, 3.8) is 0 Å². The first-order chi connectivity index (χ1) is 17.1. The van der Waals surface area contributed by atoms with Crippen LogP contribution in [0.3, 0.4) is 0 Å². The molecule has 0 saturated carbocycles. The molecule has 36 heavy (non-hydrogen) atoms. The second-order valence-electron chi connectivity index (χ2n) is 7.23. The van der Waals surface area contributed by atoms with Gasteiger partial charge < -0.3 is 15.4 Å². The van der Waals surface area contributed by atoms with Gasteiger partial charge in [-0.15, -0.1) is 11.3 Å². The highest BCUT2D eigenvalue weighted by Gasteiger charge is 2.35. The van der Waals surface area contributed by atoms with Crippen LogP contribution in [0.15, 0.2) is 59.3 Å². The van der Waals surface area contributed by atoms with E-state index in [0.717, 1.165) is 6.07 Å². The molecule has 3 heterocycles. The number of hydrogen-bond acceptors (Lipinski definition) is 10. The first-order valence-corrected chi connectivity index (χ1v) is 12.9. The number of thiazole rings is 1. The Balaban J connectivity index is 1.74. The zero-order valence-electron chi connectivity index (χ0n) is 18.9. The van der Waals surface area contributed by atoms with E-state index in [-0.39, 0.29) is 39.4 Å². The normalized spacial score (nSPS) is 11.8. The first kappa shape index (κ1) is 25.3. The van der Waals surface area contributed by atoms with E-state index in [2.05, 4.69) is 30.6 Å². The molecule has 9 nitrogen and oxygen atoms in total. The lowest BCUT2D eigenvalue weighted by Crippen LogP contribution is -2.11. The van der Waals surface area contributed by atoms with E-state index < -0.39 is 21.6 Å². The molecule has 0 amide bonds. The van der Waals surface area contributed by atoms with Crippen LogP contribution in [0.2, 0.25) is 0 Å². The number of methoxy groups -OCH3 is 1. The average Bonchev–Trinajstić information content (AvgIpc) is 3.32. The van der Waals surface area contributed by atoms with E-state index in [1.807, 2.05) is 0 Å². The highest BCUT2D eigenvalue weighted by atomic mass is 32.2. The van der Waals surface area contributed by atoms with Crippen LogP contribution in [0.1, 0.15) is 12.5 Å². The van der Waals surface area contributed by atoms with Gasteiger partial charge in [0.2, 0.25) is 0 Å². The molecule has 0 bridgehead atoms. The molecular formula is C22H19F3N6O3S2. The zero-order chi connectivity index (χ0) is 25.9. The number of halogens is 3. The summed E-state index contributed by atoms with van der Waals surface area (Å²) >= 11 is 1.17. The summed E-state index contributed by atoms with van der Waals surface area (Å²) in [5, 5.41) is 5.57. The van der Waals surface area contributed by atoms with Gasteiger partial charge in [0.25, 0.3) is 0 Å². The van der Waals surface area contributed by atoms with E-state index >= 15 is 0 Å². The van der Waals surface area contributed by atoms with Crippen molar-refractivity contribution in [3.05, 3.63) is 60.0 Å². The van der Waals surface area contributed by atoms with Gasteiger partial charge in [-0.2, -0.15) is 13.2 Å². The van der Waals surface area contributed by atoms with Gasteiger partial charge in [0.05, 0.1) is 40.2 Å². The molecule has 0 aliphatic rings. The molecule has 0 aliphatic heterocycles. The molecule has 0 radical (unpaired) electrons. The summed E-state index contributed by atoms with van der Waals surface area (Å²) in [7, 11) is -2.15. The van der Waals surface area contributed by atoms with Crippen LogP contribution in [0, 0.1) is 0 Å². The molecule has 0 saturated heterocycles. The SMILES string of the molecule is CCS(=O)(=O)c1ccc(OC)c(Nc2cc(Nc3ncsc3-c3ncccn3)c(C(F)(F)F)cn2)c1. The van der Waals surface area contributed by atoms with Crippen LogP contribution in [-0.2, 0) is 16.0 Å². The summed E-state index contributed by atoms with van der Waals surface area (Å²) in [5.74, 6) is 0.628. The largest absolute Gasteiger partial charge is 0.495 e. The summed E-state index contributed by atoms with van der Waals surface area (Å²) in [6.07, 6.45) is -1.00. The maximum Gasteiger partial charge on any atom is 0.419 e. The van der Waals surface area contributed by atoms with Crippen LogP contribution in [0.25, 0.3) is 10.7 Å². The summed E-state index contributed by atoms with van der Waals surface area (Å²) < 4.78 is 71.2. The Morgan fingerprint density at radius 3 is 2.44 bits per heavy atom. The van der Waals surface area contributed by atoms with Crippen molar-refractivity contribution in [3.8, 4) is 16.5 Å². The molecule has 0 atom stereocenters. The van der Waals surface area contributed by atoms with Gasteiger partial charge >= 0.3 is 6.18 Å². The van der Waals surface area contributed by atoms with Gasteiger partial charge in [0.1, 0.15) is 16.4 Å². The third-order valence-electron chi connectivity index (χ3n) is 4.97. The van der Waals surface area contributed by atoms with Crippen LogP contribution in [-0.4, -0.2) is 41.2 Å². The summed E-state index contributed by atoms with van der Waals surface area (Å²) in [5.41, 5.74) is 0.346. The number of aromatic nitrogens is 4. The minimum absolute atomic E-state index is 0.0163. The fraction of sp³-hybridized carbons (Fsp3) is 0.182. The Morgan fingerprint density at radius 1 is 1.03 bits per heavy atom. The lowest BCUT2D eigenvalue weighted by molar-refractivity contribution is -0.137. The van der Waals surface area contributed by atoms with Gasteiger partial charge in [0.15, 0.2) is 21.5 Å². The Bertz CT molecular complexity index is 1480. The van der Waals surface area contributed by atoms with Gasteiger partial charge in [0, 0.05) is 24.7 Å². The molecule has 2 N–H and O–H groups in total. The minimum atomic E-state index is -4.71. The first-order valence-electron chi connectivity index (χ1n) is 10.4. The molecule has 0 fully saturated rings. The Labute approximate surface area is 208 Å². The molecule has 188 valence electrons. The van der Waals surface area contributed by atoms with Gasteiger partial charge in [-0.25, -0.2) is 28.4 Å². The molecule has 0 unspecified atom stereocenters. The number of alkyl halides is 3. The Kier molecular flexibility index (Phi) is 7.08. The maximum absolute atomic E-state index is 13.8. The lowest BCUT2D eigenvalue weighted by atomic mass is 10.2. The third kappa shape index (κ3) is 5.39. The fourth-order valence-electron chi connectivity index (χ4n) is 3.17. The smallest absolute Gasteiger partial charge is 0.419 e. The molecule has 1 aromatic carbocycles. The molecule has 3 aromatic heterocycles. The Morgan fingerprint density at radius 2 is 1.78 bits per heavy atom. The van der Waals surface area contributed by atoms with Crippen LogP contribution in [0.4, 0.5) is 36.2 Å². The summed E-state index contributed by atoms with van der Waals surface area (Å²) in [6, 6.07) is 6.96. The number of sulfone groups is 1. The highest BCUT2D eigenvalue weighted by molar-refractivity contribution is 7.91. The van der Waals surface area contributed by atoms with E-state index in [0.29, 0.717) is 16.9 Å². The number of nitrogens with zero attached hydrogens (tertiary/aromatic N) is 4. The van der Waals surface area contributed by atoms with Crippen LogP contribution in [0.5, 0.6) is 5.75 Å². The second kappa shape index (κ2) is 10.1. The molecule has 14 heteroatoms. The number of benzene rings is 1. The molecular weight excluding hydrogens is 517 g/mol. The number of hydrogen-bond donors (Lipinski definition) is 2. The predicted octanol–water partition coefficient (Wildman–Crippen LogP) is 5.30. The standard InChI is InChI=1S/C22H19F3N6O3S2/c1-3-36(32,33)13-5-6-17(34-2)16(9-13)30-18-10-15(14(11-28-18)22(23,24)25)31-21-19(35-12-29-21)20-26-7-4-8-27-20/h4-12H,3H2,1-2H3,(H2,28,30,31). The van der Waals surface area contributed by atoms with Crippen molar-refractivity contribution in [1.82, 2.24) is 19.9 Å². The fourth-order valence-corrected chi connectivity index (χ4v) is 4.77. The minimum Gasteiger partial charge on any atom is -0.495 e. The molecule has 0 aliphatic carbocycles. The number of anilines is 4. The van der Waals surface area contributed by atoms with Crippen molar-refractivity contribution in [2.45, 2.75) is 18.0 Å². The number of ether oxygens (including phenoxy) is 1. The number of nitrogens with one attached hydrogen (secondary N) is 2. The van der Waals surface area contributed by atoms with Crippen molar-refractivity contribution in [1.29, 1.82) is 0 Å². The van der Waals surface area contributed by atoms with Crippen molar-refractivity contribution in [2.75, 3.05) is 23.5 Å². The third-order valence-corrected chi connectivity index (χ3v) is 7.53. The Hall–Kier alpha value is -3.78. The molecule has 0 spiro atoms. The number of pyridine rings is 1. The van der Waals surface area contributed by atoms with Crippen molar-refractivity contribution >= 4 is 44.2 Å². The van der Waals surface area contributed by atoms with E-state index in [4.69, 9.17) is 4.74 Å². The summed E-state index contributed by atoms with van der Waals surface area (Å²) in [4.78, 5) is 16.8. The highest BCUT2D eigenvalue weighted by Crippen LogP contribution is 2.39. The molecule has 4 rings (SSSR count). The average molecular weight is 537 g/mol. The molecule has 4 aromatic rings. The second-order valence-corrected chi connectivity index (χ2v) is 10.4. The van der Waals surface area contributed by atoms with E-state index in [1.165, 1.54) is 61.5 Å². The van der Waals surface area contributed by atoms with Gasteiger partial charge in [-0.1, -0.05) is 6.92 Å². The predicted molar refractivity (Wildman–Crippen MR) is 130 cm³/mol. The van der Waals surface area contributed by atoms with E-state index in [1.54, 1.807) is 6.07 Å². The van der Waals surface area contributed by atoms with E-state index in [9.17, 15) is 21.6 Å². The number of rotatable bonds is 8. The van der Waals surface area contributed by atoms with Crippen LogP contribution < -0.4 is 15.4 Å². The quantitative estimate of drug-likeness (QED) is 0.309. The lowest BCUT2D eigenvalue weighted by Gasteiger charge is -2.17. The summed E-state index contributed by atoms with van der Waals surface area (Å²) in [6.45, 7) is 1.51. The zero-order valence-corrected chi connectivity index (χ0v) is 20.5.